The summed E-state index contributed by atoms with van der Waals surface area (Å²) in [6.45, 7) is 8.52. The highest BCUT2D eigenvalue weighted by molar-refractivity contribution is 4.96. The van der Waals surface area contributed by atoms with Crippen LogP contribution in [0.4, 0.5) is 0 Å². The fraction of sp³-hybridized carbons (Fsp3) is 1.00. The molecule has 4 N–H and O–H groups in total. The molecule has 0 saturated carbocycles. The normalized spacial score (nSPS) is 29.1. The van der Waals surface area contributed by atoms with Crippen LogP contribution in [0.15, 0.2) is 0 Å². The lowest BCUT2D eigenvalue weighted by Gasteiger charge is -2.53. The molecule has 0 aromatic carbocycles. The molecule has 2 saturated heterocycles. The van der Waals surface area contributed by atoms with E-state index in [9.17, 15) is 0 Å². The minimum Gasteiger partial charge on any atom is -0.344 e. The Morgan fingerprint density at radius 3 is 2.23 bits per heavy atom. The monoisotopic (exact) mass is 185 g/mol. The molecule has 2 fully saturated rings. The molecule has 0 atom stereocenters. The number of likely N-dealkylation sites (tertiary alicyclic amines) is 1. The van der Waals surface area contributed by atoms with E-state index in [1.807, 2.05) is 0 Å². The largest absolute Gasteiger partial charge is 0.344 e. The summed E-state index contributed by atoms with van der Waals surface area (Å²) in [5.41, 5.74) is 0.502. The molecule has 0 radical (unpaired) electrons. The summed E-state index contributed by atoms with van der Waals surface area (Å²) >= 11 is 0. The molecule has 3 nitrogen and oxygen atoms in total. The van der Waals surface area contributed by atoms with Gasteiger partial charge in [-0.15, -0.1) is 0 Å². The number of rotatable bonds is 1. The van der Waals surface area contributed by atoms with E-state index < -0.39 is 0 Å². The molecule has 2 rings (SSSR count). The molecule has 3 heteroatoms. The molecule has 2 aliphatic heterocycles. The molecule has 2 aliphatic rings. The summed E-state index contributed by atoms with van der Waals surface area (Å²) in [7, 11) is 0. The Hall–Kier alpha value is -0.120. The van der Waals surface area contributed by atoms with Crippen LogP contribution in [0.3, 0.4) is 0 Å². The Kier molecular flexibility index (Phi) is 3.33. The van der Waals surface area contributed by atoms with Crippen molar-refractivity contribution in [1.82, 2.24) is 16.4 Å². The van der Waals surface area contributed by atoms with Gasteiger partial charge in [0.2, 0.25) is 0 Å². The second-order valence-corrected chi connectivity index (χ2v) is 4.74. The van der Waals surface area contributed by atoms with Crippen molar-refractivity contribution in [2.45, 2.75) is 44.7 Å². The summed E-state index contributed by atoms with van der Waals surface area (Å²) in [4.78, 5) is 2.69. The van der Waals surface area contributed by atoms with Gasteiger partial charge in [-0.3, -0.25) is 4.90 Å². The van der Waals surface area contributed by atoms with E-state index in [1.54, 1.807) is 0 Å². The molecule has 0 unspecified atom stereocenters. The molecule has 0 amide bonds. The quantitative estimate of drug-likeness (QED) is 0.649. The van der Waals surface area contributed by atoms with Gasteiger partial charge >= 0.3 is 0 Å². The molecule has 78 valence electrons. The number of hydrogen-bond donors (Lipinski definition) is 2. The first-order valence-corrected chi connectivity index (χ1v) is 5.18. The molecule has 0 bridgehead atoms. The van der Waals surface area contributed by atoms with Crippen LogP contribution in [-0.4, -0.2) is 36.1 Å². The van der Waals surface area contributed by atoms with E-state index in [0.29, 0.717) is 5.54 Å². The van der Waals surface area contributed by atoms with Crippen molar-refractivity contribution < 1.29 is 0 Å². The molecular formula is C10H23N3. The first-order chi connectivity index (χ1) is 5.70. The lowest BCUT2D eigenvalue weighted by atomic mass is 9.85. The number of hydrogen-bond acceptors (Lipinski definition) is 3. The predicted molar refractivity (Wildman–Crippen MR) is 56.3 cm³/mol. The van der Waals surface area contributed by atoms with Gasteiger partial charge in [-0.05, 0) is 46.2 Å². The van der Waals surface area contributed by atoms with Crippen molar-refractivity contribution in [2.75, 3.05) is 19.6 Å². The van der Waals surface area contributed by atoms with Crippen LogP contribution in [0.2, 0.25) is 0 Å². The lowest BCUT2D eigenvalue weighted by Crippen LogP contribution is -2.61. The number of nitrogens with one attached hydrogen (secondary N) is 1. The summed E-state index contributed by atoms with van der Waals surface area (Å²) in [5, 5.41) is 3.42. The van der Waals surface area contributed by atoms with E-state index in [2.05, 4.69) is 24.1 Å². The van der Waals surface area contributed by atoms with Crippen LogP contribution in [0.1, 0.15) is 33.1 Å². The van der Waals surface area contributed by atoms with E-state index in [4.69, 9.17) is 0 Å². The maximum atomic E-state index is 3.42. The molecule has 13 heavy (non-hydrogen) atoms. The smallest absolute Gasteiger partial charge is 0.0168 e. The van der Waals surface area contributed by atoms with Gasteiger partial charge in [0.05, 0.1) is 0 Å². The van der Waals surface area contributed by atoms with Gasteiger partial charge < -0.3 is 11.5 Å². The highest BCUT2D eigenvalue weighted by Crippen LogP contribution is 2.33. The summed E-state index contributed by atoms with van der Waals surface area (Å²) in [6, 6.07) is 0.870. The molecule has 2 heterocycles. The Balaban J connectivity index is 0.000000845. The highest BCUT2D eigenvalue weighted by Gasteiger charge is 2.40. The Morgan fingerprint density at radius 2 is 1.85 bits per heavy atom. The highest BCUT2D eigenvalue weighted by atomic mass is 15.3. The molecule has 0 aromatic heterocycles. The molecule has 0 aromatic rings. The number of nitrogens with zero attached hydrogens (tertiary/aromatic N) is 1. The SMILES string of the molecule is CC1(C)CCN1C1CCNCC1.N. The zero-order valence-electron chi connectivity index (χ0n) is 8.97. The predicted octanol–water partition coefficient (Wildman–Crippen LogP) is 1.38. The average molecular weight is 185 g/mol. The van der Waals surface area contributed by atoms with Crippen LogP contribution in [-0.2, 0) is 0 Å². The second kappa shape index (κ2) is 3.95. The van der Waals surface area contributed by atoms with Crippen LogP contribution >= 0.6 is 0 Å². The van der Waals surface area contributed by atoms with Gasteiger partial charge in [-0.2, -0.15) is 0 Å². The maximum absolute atomic E-state index is 3.42. The third-order valence-corrected chi connectivity index (χ3v) is 3.49. The van der Waals surface area contributed by atoms with Gasteiger partial charge in [0, 0.05) is 18.1 Å². The van der Waals surface area contributed by atoms with E-state index >= 15 is 0 Å². The second-order valence-electron chi connectivity index (χ2n) is 4.74. The van der Waals surface area contributed by atoms with Gasteiger partial charge in [0.25, 0.3) is 0 Å². The van der Waals surface area contributed by atoms with Crippen molar-refractivity contribution in [1.29, 1.82) is 0 Å². The van der Waals surface area contributed by atoms with Gasteiger partial charge in [-0.1, -0.05) is 0 Å². The zero-order chi connectivity index (χ0) is 8.60. The minimum atomic E-state index is 0. The third-order valence-electron chi connectivity index (χ3n) is 3.49. The number of piperidine rings is 1. The first kappa shape index (κ1) is 11.0. The van der Waals surface area contributed by atoms with Crippen LogP contribution < -0.4 is 11.5 Å². The Labute approximate surface area is 81.5 Å². The van der Waals surface area contributed by atoms with Crippen LogP contribution in [0.5, 0.6) is 0 Å². The van der Waals surface area contributed by atoms with Crippen molar-refractivity contribution in [3.05, 3.63) is 0 Å². The Bertz CT molecular complexity index is 162. The van der Waals surface area contributed by atoms with E-state index in [-0.39, 0.29) is 6.15 Å². The summed E-state index contributed by atoms with van der Waals surface area (Å²) in [5.74, 6) is 0. The zero-order valence-corrected chi connectivity index (χ0v) is 8.97. The summed E-state index contributed by atoms with van der Waals surface area (Å²) in [6.07, 6.45) is 4.09. The molecule has 0 spiro atoms. The minimum absolute atomic E-state index is 0. The standard InChI is InChI=1S/C10H20N2.H3N/c1-10(2)5-8-12(10)9-3-6-11-7-4-9;/h9,11H,3-8H2,1-2H3;1H3. The maximum Gasteiger partial charge on any atom is 0.0168 e. The van der Waals surface area contributed by atoms with Crippen molar-refractivity contribution in [2.24, 2.45) is 0 Å². The fourth-order valence-corrected chi connectivity index (χ4v) is 2.48. The topological polar surface area (TPSA) is 50.3 Å². The van der Waals surface area contributed by atoms with E-state index in [0.717, 1.165) is 6.04 Å². The van der Waals surface area contributed by atoms with Crippen molar-refractivity contribution in [3.8, 4) is 0 Å². The molecule has 0 aliphatic carbocycles. The van der Waals surface area contributed by atoms with Crippen LogP contribution in [0.25, 0.3) is 0 Å². The average Bonchev–Trinajstić information content (AvgIpc) is 2.05. The van der Waals surface area contributed by atoms with Crippen molar-refractivity contribution >= 4 is 0 Å². The lowest BCUT2D eigenvalue weighted by molar-refractivity contribution is -0.0340. The fourth-order valence-electron chi connectivity index (χ4n) is 2.48. The van der Waals surface area contributed by atoms with Gasteiger partial charge in [-0.25, -0.2) is 0 Å². The third kappa shape index (κ3) is 2.03. The molecular weight excluding hydrogens is 162 g/mol. The van der Waals surface area contributed by atoms with Crippen LogP contribution in [0, 0.1) is 0 Å². The van der Waals surface area contributed by atoms with Gasteiger partial charge in [0.1, 0.15) is 0 Å². The Morgan fingerprint density at radius 1 is 1.23 bits per heavy atom. The van der Waals surface area contributed by atoms with E-state index in [1.165, 1.54) is 38.9 Å². The van der Waals surface area contributed by atoms with Crippen molar-refractivity contribution in [3.63, 3.8) is 0 Å². The summed E-state index contributed by atoms with van der Waals surface area (Å²) < 4.78 is 0. The van der Waals surface area contributed by atoms with Gasteiger partial charge in [0.15, 0.2) is 0 Å². The first-order valence-electron chi connectivity index (χ1n) is 5.18.